The Balaban J connectivity index is 1.93. The fraction of sp³-hybridized carbons (Fsp3) is 0.429. The number of amides is 1. The number of benzene rings is 1. The van der Waals surface area contributed by atoms with Crippen LogP contribution in [-0.4, -0.2) is 26.6 Å². The molecule has 1 atom stereocenters. The van der Waals surface area contributed by atoms with Gasteiger partial charge in [0.15, 0.2) is 5.13 Å². The Morgan fingerprint density at radius 2 is 2.24 bits per heavy atom. The number of nitrogen functional groups attached to an aromatic ring is 1. The maximum atomic E-state index is 11.8. The minimum absolute atomic E-state index is 0.0186. The molecule has 2 aromatic rings. The molecule has 3 N–H and O–H groups in total. The molecule has 0 aliphatic heterocycles. The molecule has 5 nitrogen and oxygen atoms in total. The Bertz CT molecular complexity index is 667. The fourth-order valence-corrected chi connectivity index (χ4v) is 3.91. The van der Waals surface area contributed by atoms with Gasteiger partial charge in [-0.1, -0.05) is 25.2 Å². The van der Waals surface area contributed by atoms with Gasteiger partial charge in [0.2, 0.25) is 5.91 Å². The van der Waals surface area contributed by atoms with E-state index < -0.39 is 10.8 Å². The van der Waals surface area contributed by atoms with E-state index in [9.17, 15) is 9.00 Å². The minimum atomic E-state index is -1.12. The number of carbonyl (C=O) groups is 1. The van der Waals surface area contributed by atoms with E-state index in [0.29, 0.717) is 22.5 Å². The number of aromatic nitrogens is 1. The average Bonchev–Trinajstić information content (AvgIpc) is 2.77. The monoisotopic (exact) mass is 325 g/mol. The average molecular weight is 325 g/mol. The van der Waals surface area contributed by atoms with Gasteiger partial charge in [0, 0.05) is 22.2 Å². The van der Waals surface area contributed by atoms with E-state index in [-0.39, 0.29) is 11.7 Å². The zero-order valence-corrected chi connectivity index (χ0v) is 13.7. The van der Waals surface area contributed by atoms with Gasteiger partial charge in [-0.15, -0.1) is 0 Å². The van der Waals surface area contributed by atoms with Crippen molar-refractivity contribution in [2.45, 2.75) is 20.3 Å². The van der Waals surface area contributed by atoms with Gasteiger partial charge >= 0.3 is 0 Å². The second kappa shape index (κ2) is 7.00. The molecule has 1 amide bonds. The molecule has 0 bridgehead atoms. The number of hydrogen-bond acceptors (Lipinski definition) is 5. The van der Waals surface area contributed by atoms with Crippen LogP contribution in [-0.2, 0) is 15.6 Å². The minimum Gasteiger partial charge on any atom is -0.399 e. The number of anilines is 2. The van der Waals surface area contributed by atoms with Gasteiger partial charge in [-0.3, -0.25) is 9.00 Å². The van der Waals surface area contributed by atoms with Crippen LogP contribution >= 0.6 is 11.3 Å². The Kier molecular flexibility index (Phi) is 5.30. The van der Waals surface area contributed by atoms with E-state index in [1.54, 1.807) is 6.07 Å². The number of fused-ring (bicyclic) bond motifs is 1. The maximum Gasteiger partial charge on any atom is 0.238 e. The molecular weight excluding hydrogens is 306 g/mol. The zero-order valence-electron chi connectivity index (χ0n) is 12.1. The van der Waals surface area contributed by atoms with Gasteiger partial charge in [0.1, 0.15) is 5.75 Å². The number of carbonyl (C=O) groups excluding carboxylic acids is 1. The summed E-state index contributed by atoms with van der Waals surface area (Å²) in [5, 5.41) is 3.22. The topological polar surface area (TPSA) is 85.1 Å². The van der Waals surface area contributed by atoms with Gasteiger partial charge in [0.25, 0.3) is 0 Å². The molecule has 0 spiro atoms. The van der Waals surface area contributed by atoms with E-state index in [1.807, 2.05) is 12.1 Å². The summed E-state index contributed by atoms with van der Waals surface area (Å²) in [6.07, 6.45) is 0.861. The third-order valence-corrected chi connectivity index (χ3v) is 5.08. The Labute approximate surface area is 130 Å². The lowest BCUT2D eigenvalue weighted by Gasteiger charge is -2.04. The molecule has 1 heterocycles. The summed E-state index contributed by atoms with van der Waals surface area (Å²) in [5.74, 6) is 0.808. The molecule has 0 fully saturated rings. The van der Waals surface area contributed by atoms with E-state index in [0.717, 1.165) is 16.6 Å². The van der Waals surface area contributed by atoms with Crippen molar-refractivity contribution in [3.8, 4) is 0 Å². The van der Waals surface area contributed by atoms with Crippen LogP contribution in [0.1, 0.15) is 20.3 Å². The Morgan fingerprint density at radius 1 is 1.48 bits per heavy atom. The fourth-order valence-electron chi connectivity index (χ4n) is 1.74. The summed E-state index contributed by atoms with van der Waals surface area (Å²) in [6, 6.07) is 5.41. The number of hydrogen-bond donors (Lipinski definition) is 2. The normalized spacial score (nSPS) is 12.7. The van der Waals surface area contributed by atoms with Crippen LogP contribution in [0.5, 0.6) is 0 Å². The Morgan fingerprint density at radius 3 is 2.95 bits per heavy atom. The van der Waals surface area contributed by atoms with Crippen LogP contribution in [0.4, 0.5) is 10.8 Å². The molecule has 1 aromatic carbocycles. The lowest BCUT2D eigenvalue weighted by Crippen LogP contribution is -2.21. The number of rotatable bonds is 6. The van der Waals surface area contributed by atoms with Gasteiger partial charge in [0.05, 0.1) is 10.2 Å². The largest absolute Gasteiger partial charge is 0.399 e. The first-order valence-corrected chi connectivity index (χ1v) is 9.05. The molecule has 1 aromatic heterocycles. The van der Waals surface area contributed by atoms with Crippen LogP contribution in [0.15, 0.2) is 18.2 Å². The third kappa shape index (κ3) is 4.78. The van der Waals surface area contributed by atoms with Crippen molar-refractivity contribution in [3.05, 3.63) is 18.2 Å². The first-order chi connectivity index (χ1) is 9.94. The summed E-state index contributed by atoms with van der Waals surface area (Å²) in [4.78, 5) is 16.2. The highest BCUT2D eigenvalue weighted by atomic mass is 32.2. The number of nitrogens with one attached hydrogen (secondary N) is 1. The van der Waals surface area contributed by atoms with Crippen molar-refractivity contribution in [2.24, 2.45) is 5.92 Å². The molecule has 21 heavy (non-hydrogen) atoms. The highest BCUT2D eigenvalue weighted by Gasteiger charge is 2.11. The number of nitrogens with zero attached hydrogens (tertiary/aromatic N) is 1. The summed E-state index contributed by atoms with van der Waals surface area (Å²) in [6.45, 7) is 4.15. The van der Waals surface area contributed by atoms with Crippen molar-refractivity contribution in [3.63, 3.8) is 0 Å². The maximum absolute atomic E-state index is 11.8. The standard InChI is InChI=1S/C14H19N3O2S2/c1-9(2)5-6-21(19)8-13(18)17-14-16-11-4-3-10(15)7-12(11)20-14/h3-4,7,9H,5-6,8,15H2,1-2H3,(H,16,17,18). The smallest absolute Gasteiger partial charge is 0.238 e. The van der Waals surface area contributed by atoms with Crippen molar-refractivity contribution in [1.82, 2.24) is 4.98 Å². The number of nitrogens with two attached hydrogens (primary N) is 1. The second-order valence-corrected chi connectivity index (χ2v) is 7.87. The van der Waals surface area contributed by atoms with Gasteiger partial charge in [-0.25, -0.2) is 4.98 Å². The SMILES string of the molecule is CC(C)CCS(=O)CC(=O)Nc1nc2ccc(N)cc2s1. The summed E-state index contributed by atoms with van der Waals surface area (Å²) >= 11 is 1.36. The molecule has 0 saturated carbocycles. The van der Waals surface area contributed by atoms with Crippen LogP contribution in [0.3, 0.4) is 0 Å². The van der Waals surface area contributed by atoms with Gasteiger partial charge in [-0.2, -0.15) is 0 Å². The molecule has 1 unspecified atom stereocenters. The molecule has 2 rings (SSSR count). The lowest BCUT2D eigenvalue weighted by atomic mass is 10.2. The predicted molar refractivity (Wildman–Crippen MR) is 90.0 cm³/mol. The zero-order chi connectivity index (χ0) is 15.4. The van der Waals surface area contributed by atoms with Crippen molar-refractivity contribution >= 4 is 49.1 Å². The van der Waals surface area contributed by atoms with Crippen molar-refractivity contribution in [2.75, 3.05) is 22.6 Å². The Hall–Kier alpha value is -1.47. The predicted octanol–water partition coefficient (Wildman–Crippen LogP) is 2.61. The van der Waals surface area contributed by atoms with Crippen LogP contribution in [0, 0.1) is 5.92 Å². The molecule has 114 valence electrons. The highest BCUT2D eigenvalue weighted by Crippen LogP contribution is 2.27. The van der Waals surface area contributed by atoms with Gasteiger partial charge < -0.3 is 11.1 Å². The van der Waals surface area contributed by atoms with Crippen LogP contribution in [0.25, 0.3) is 10.2 Å². The van der Waals surface area contributed by atoms with Crippen molar-refractivity contribution in [1.29, 1.82) is 0 Å². The molecule has 0 radical (unpaired) electrons. The molecule has 7 heteroatoms. The summed E-state index contributed by atoms with van der Waals surface area (Å²) in [5.41, 5.74) is 7.17. The van der Waals surface area contributed by atoms with Crippen LogP contribution < -0.4 is 11.1 Å². The lowest BCUT2D eigenvalue weighted by molar-refractivity contribution is -0.113. The van der Waals surface area contributed by atoms with E-state index in [2.05, 4.69) is 24.1 Å². The number of thiazole rings is 1. The second-order valence-electron chi connectivity index (χ2n) is 5.27. The molecular formula is C14H19N3O2S2. The third-order valence-electron chi connectivity index (χ3n) is 2.87. The molecule has 0 aliphatic rings. The van der Waals surface area contributed by atoms with Gasteiger partial charge in [-0.05, 0) is 30.5 Å². The summed E-state index contributed by atoms with van der Waals surface area (Å²) < 4.78 is 12.7. The van der Waals surface area contributed by atoms with E-state index in [4.69, 9.17) is 5.73 Å². The molecule has 0 aliphatic carbocycles. The first kappa shape index (κ1) is 15.9. The van der Waals surface area contributed by atoms with E-state index in [1.165, 1.54) is 11.3 Å². The van der Waals surface area contributed by atoms with Crippen LogP contribution in [0.2, 0.25) is 0 Å². The summed E-state index contributed by atoms with van der Waals surface area (Å²) in [7, 11) is -1.12. The highest BCUT2D eigenvalue weighted by molar-refractivity contribution is 7.85. The van der Waals surface area contributed by atoms with Crippen molar-refractivity contribution < 1.29 is 9.00 Å². The first-order valence-electron chi connectivity index (χ1n) is 6.75. The van der Waals surface area contributed by atoms with E-state index >= 15 is 0 Å². The quantitative estimate of drug-likeness (QED) is 0.800. The molecule has 0 saturated heterocycles.